The standard InChI is InChI=1S/C24H28N4O/c1-18(26-16-24(29)28-12-5-8-22(28)15-25)17-27-13-11-21-14-20(9-10-23(21)27)19-6-3-2-4-7-19/h2-4,6-7,9-10,14,18,22,26H,5,8,11-13,16-17H2,1H3/t18-,22-/m0/s1. The second-order valence-electron chi connectivity index (χ2n) is 8.06. The third-order valence-corrected chi connectivity index (χ3v) is 6.00. The van der Waals surface area contributed by atoms with Crippen molar-refractivity contribution in [1.29, 1.82) is 5.26 Å². The molecule has 2 aromatic rings. The van der Waals surface area contributed by atoms with E-state index in [1.165, 1.54) is 22.4 Å². The first-order valence-electron chi connectivity index (χ1n) is 10.5. The van der Waals surface area contributed by atoms with Gasteiger partial charge in [-0.15, -0.1) is 0 Å². The SMILES string of the molecule is C[C@@H](CN1CCc2cc(-c3ccccc3)ccc21)NCC(=O)N1CCC[C@H]1C#N. The summed E-state index contributed by atoms with van der Waals surface area (Å²) in [6.45, 7) is 5.00. The summed E-state index contributed by atoms with van der Waals surface area (Å²) in [6.07, 6.45) is 2.78. The van der Waals surface area contributed by atoms with E-state index in [1.54, 1.807) is 4.90 Å². The topological polar surface area (TPSA) is 59.4 Å². The van der Waals surface area contributed by atoms with Crippen LogP contribution in [0.2, 0.25) is 0 Å². The van der Waals surface area contributed by atoms with E-state index < -0.39 is 0 Å². The van der Waals surface area contributed by atoms with Crippen molar-refractivity contribution in [3.05, 3.63) is 54.1 Å². The lowest BCUT2D eigenvalue weighted by Crippen LogP contribution is -2.45. The van der Waals surface area contributed by atoms with Crippen LogP contribution in [0.15, 0.2) is 48.5 Å². The van der Waals surface area contributed by atoms with Gasteiger partial charge in [-0.3, -0.25) is 4.79 Å². The summed E-state index contributed by atoms with van der Waals surface area (Å²) in [5.74, 6) is 0.0372. The lowest BCUT2D eigenvalue weighted by atomic mass is 10.0. The Hall–Kier alpha value is -2.84. The number of amides is 1. The molecule has 5 nitrogen and oxygen atoms in total. The molecule has 2 aliphatic rings. The van der Waals surface area contributed by atoms with E-state index in [4.69, 9.17) is 5.26 Å². The zero-order valence-electron chi connectivity index (χ0n) is 17.0. The molecule has 0 unspecified atom stereocenters. The monoisotopic (exact) mass is 388 g/mol. The summed E-state index contributed by atoms with van der Waals surface area (Å²) in [6, 6.07) is 19.4. The molecule has 0 radical (unpaired) electrons. The fraction of sp³-hybridized carbons (Fsp3) is 0.417. The molecular formula is C24H28N4O. The molecule has 0 aromatic heterocycles. The van der Waals surface area contributed by atoms with Gasteiger partial charge in [0.1, 0.15) is 6.04 Å². The summed E-state index contributed by atoms with van der Waals surface area (Å²) in [4.78, 5) is 16.5. The van der Waals surface area contributed by atoms with Crippen molar-refractivity contribution in [2.45, 2.75) is 38.3 Å². The smallest absolute Gasteiger partial charge is 0.237 e. The van der Waals surface area contributed by atoms with Gasteiger partial charge >= 0.3 is 0 Å². The van der Waals surface area contributed by atoms with Crippen LogP contribution in [0.1, 0.15) is 25.3 Å². The number of hydrogen-bond acceptors (Lipinski definition) is 4. The van der Waals surface area contributed by atoms with Crippen LogP contribution < -0.4 is 10.2 Å². The van der Waals surface area contributed by atoms with Crippen LogP contribution >= 0.6 is 0 Å². The van der Waals surface area contributed by atoms with Crippen molar-refractivity contribution in [3.63, 3.8) is 0 Å². The molecular weight excluding hydrogens is 360 g/mol. The summed E-state index contributed by atoms with van der Waals surface area (Å²) in [7, 11) is 0. The quantitative estimate of drug-likeness (QED) is 0.826. The summed E-state index contributed by atoms with van der Waals surface area (Å²) in [5.41, 5.74) is 5.21. The van der Waals surface area contributed by atoms with Gasteiger partial charge in [0.05, 0.1) is 12.6 Å². The number of benzene rings is 2. The zero-order valence-corrected chi connectivity index (χ0v) is 17.0. The highest BCUT2D eigenvalue weighted by Gasteiger charge is 2.28. The van der Waals surface area contributed by atoms with Crippen molar-refractivity contribution < 1.29 is 4.79 Å². The largest absolute Gasteiger partial charge is 0.369 e. The first kappa shape index (κ1) is 19.5. The summed E-state index contributed by atoms with van der Waals surface area (Å²) in [5, 5.41) is 12.5. The number of likely N-dealkylation sites (tertiary alicyclic amines) is 1. The van der Waals surface area contributed by atoms with Crippen LogP contribution in [0.4, 0.5) is 5.69 Å². The fourth-order valence-corrected chi connectivity index (χ4v) is 4.43. The normalized spacial score (nSPS) is 19.1. The maximum atomic E-state index is 12.4. The number of hydrogen-bond donors (Lipinski definition) is 1. The van der Waals surface area contributed by atoms with Gasteiger partial charge in [0.15, 0.2) is 0 Å². The Morgan fingerprint density at radius 1 is 1.21 bits per heavy atom. The third-order valence-electron chi connectivity index (χ3n) is 6.00. The Kier molecular flexibility index (Phi) is 5.82. The highest BCUT2D eigenvalue weighted by Crippen LogP contribution is 2.32. The van der Waals surface area contributed by atoms with E-state index in [-0.39, 0.29) is 18.0 Å². The average Bonchev–Trinajstić information content (AvgIpc) is 3.39. The van der Waals surface area contributed by atoms with Gasteiger partial charge in [0, 0.05) is 31.4 Å². The van der Waals surface area contributed by atoms with Crippen molar-refractivity contribution in [2.24, 2.45) is 0 Å². The lowest BCUT2D eigenvalue weighted by molar-refractivity contribution is -0.130. The van der Waals surface area contributed by atoms with E-state index >= 15 is 0 Å². The summed E-state index contributed by atoms with van der Waals surface area (Å²) >= 11 is 0. The molecule has 2 aliphatic heterocycles. The molecule has 1 amide bonds. The number of carbonyl (C=O) groups excluding carboxylic acids is 1. The van der Waals surface area contributed by atoms with Crippen molar-refractivity contribution in [3.8, 4) is 17.2 Å². The predicted octanol–water partition coefficient (Wildman–Crippen LogP) is 3.21. The Labute approximate surface area is 172 Å². The predicted molar refractivity (Wildman–Crippen MR) is 116 cm³/mol. The number of nitrogens with one attached hydrogen (secondary N) is 1. The average molecular weight is 389 g/mol. The highest BCUT2D eigenvalue weighted by atomic mass is 16.2. The van der Waals surface area contributed by atoms with Crippen LogP contribution in [0.25, 0.3) is 11.1 Å². The van der Waals surface area contributed by atoms with Gasteiger partial charge in [0.2, 0.25) is 5.91 Å². The molecule has 1 saturated heterocycles. The first-order chi connectivity index (χ1) is 14.2. The van der Waals surface area contributed by atoms with Gasteiger partial charge in [-0.05, 0) is 55.0 Å². The van der Waals surface area contributed by atoms with E-state index in [0.29, 0.717) is 13.1 Å². The van der Waals surface area contributed by atoms with Crippen LogP contribution in [-0.4, -0.2) is 49.1 Å². The molecule has 29 heavy (non-hydrogen) atoms. The van der Waals surface area contributed by atoms with Crippen molar-refractivity contribution >= 4 is 11.6 Å². The number of nitrogens with zero attached hydrogens (tertiary/aromatic N) is 3. The third kappa shape index (κ3) is 4.28. The Morgan fingerprint density at radius 3 is 2.83 bits per heavy atom. The second kappa shape index (κ2) is 8.67. The number of nitriles is 1. The van der Waals surface area contributed by atoms with Crippen LogP contribution in [0.3, 0.4) is 0 Å². The fourth-order valence-electron chi connectivity index (χ4n) is 4.43. The Bertz CT molecular complexity index is 905. The first-order valence-corrected chi connectivity index (χ1v) is 10.5. The molecule has 1 N–H and O–H groups in total. The minimum absolute atomic E-state index is 0.0372. The van der Waals surface area contributed by atoms with Gasteiger partial charge in [-0.25, -0.2) is 0 Å². The molecule has 4 rings (SSSR count). The van der Waals surface area contributed by atoms with Gasteiger partial charge in [-0.1, -0.05) is 36.4 Å². The molecule has 2 aromatic carbocycles. The van der Waals surface area contributed by atoms with Gasteiger partial charge < -0.3 is 15.1 Å². The van der Waals surface area contributed by atoms with E-state index in [9.17, 15) is 4.79 Å². The molecule has 0 spiro atoms. The molecule has 2 atom stereocenters. The molecule has 5 heteroatoms. The second-order valence-corrected chi connectivity index (χ2v) is 8.06. The number of carbonyl (C=O) groups is 1. The van der Waals surface area contributed by atoms with Crippen LogP contribution in [-0.2, 0) is 11.2 Å². The molecule has 0 saturated carbocycles. The molecule has 0 bridgehead atoms. The van der Waals surface area contributed by atoms with Crippen LogP contribution in [0, 0.1) is 11.3 Å². The zero-order chi connectivity index (χ0) is 20.2. The van der Waals surface area contributed by atoms with E-state index in [2.05, 4.69) is 65.7 Å². The molecule has 0 aliphatic carbocycles. The van der Waals surface area contributed by atoms with Crippen LogP contribution in [0.5, 0.6) is 0 Å². The van der Waals surface area contributed by atoms with E-state index in [1.807, 2.05) is 6.07 Å². The van der Waals surface area contributed by atoms with E-state index in [0.717, 1.165) is 32.4 Å². The molecule has 1 fully saturated rings. The lowest BCUT2D eigenvalue weighted by Gasteiger charge is -2.26. The Balaban J connectivity index is 1.33. The maximum Gasteiger partial charge on any atom is 0.237 e. The number of fused-ring (bicyclic) bond motifs is 1. The minimum atomic E-state index is -0.246. The minimum Gasteiger partial charge on any atom is -0.369 e. The Morgan fingerprint density at radius 2 is 2.03 bits per heavy atom. The summed E-state index contributed by atoms with van der Waals surface area (Å²) < 4.78 is 0. The van der Waals surface area contributed by atoms with Crippen molar-refractivity contribution in [1.82, 2.24) is 10.2 Å². The molecule has 2 heterocycles. The number of anilines is 1. The maximum absolute atomic E-state index is 12.4. The van der Waals surface area contributed by atoms with Gasteiger partial charge in [0.25, 0.3) is 0 Å². The van der Waals surface area contributed by atoms with Gasteiger partial charge in [-0.2, -0.15) is 5.26 Å². The number of rotatable bonds is 6. The van der Waals surface area contributed by atoms with Crippen molar-refractivity contribution in [2.75, 3.05) is 31.1 Å². The highest BCUT2D eigenvalue weighted by molar-refractivity contribution is 5.79. The molecule has 150 valence electrons.